The van der Waals surface area contributed by atoms with E-state index in [1.807, 2.05) is 0 Å². The molecule has 2 rings (SSSR count). The summed E-state index contributed by atoms with van der Waals surface area (Å²) in [6.45, 7) is 6.95. The highest BCUT2D eigenvalue weighted by atomic mass is 16.5. The predicted octanol–water partition coefficient (Wildman–Crippen LogP) is 3.75. The SMILES string of the molecule is CC1CCC(OCCCCCNC2CC2)CC1C. The van der Waals surface area contributed by atoms with Crippen LogP contribution in [0.2, 0.25) is 0 Å². The smallest absolute Gasteiger partial charge is 0.0577 e. The molecule has 18 heavy (non-hydrogen) atoms. The van der Waals surface area contributed by atoms with Crippen molar-refractivity contribution in [3.8, 4) is 0 Å². The minimum Gasteiger partial charge on any atom is -0.378 e. The molecule has 2 saturated carbocycles. The van der Waals surface area contributed by atoms with Crippen LogP contribution in [-0.2, 0) is 4.74 Å². The first-order chi connectivity index (χ1) is 8.75. The molecule has 0 radical (unpaired) electrons. The Bertz CT molecular complexity index is 227. The Kier molecular flexibility index (Phi) is 5.97. The normalized spacial score (nSPS) is 32.7. The largest absolute Gasteiger partial charge is 0.378 e. The van der Waals surface area contributed by atoms with Crippen LogP contribution in [0.1, 0.15) is 65.2 Å². The number of ether oxygens (including phenoxy) is 1. The first-order valence-corrected chi connectivity index (χ1v) is 8.10. The molecule has 1 N–H and O–H groups in total. The van der Waals surface area contributed by atoms with Gasteiger partial charge in [0.25, 0.3) is 0 Å². The van der Waals surface area contributed by atoms with E-state index in [1.165, 1.54) is 57.9 Å². The fourth-order valence-electron chi connectivity index (χ4n) is 2.90. The minimum atomic E-state index is 0.556. The monoisotopic (exact) mass is 253 g/mol. The lowest BCUT2D eigenvalue weighted by Crippen LogP contribution is -2.27. The molecule has 0 bridgehead atoms. The second-order valence-electron chi connectivity index (χ2n) is 6.55. The summed E-state index contributed by atoms with van der Waals surface area (Å²) < 4.78 is 6.02. The summed E-state index contributed by atoms with van der Waals surface area (Å²) in [6.07, 6.45) is 11.2. The summed E-state index contributed by atoms with van der Waals surface area (Å²) in [5, 5.41) is 3.57. The van der Waals surface area contributed by atoms with Gasteiger partial charge in [-0.05, 0) is 69.7 Å². The standard InChI is InChI=1S/C16H31NO/c1-13-6-9-16(12-14(13)2)18-11-5-3-4-10-17-15-7-8-15/h13-17H,3-12H2,1-2H3. The number of nitrogens with one attached hydrogen (secondary N) is 1. The topological polar surface area (TPSA) is 21.3 Å². The molecular weight excluding hydrogens is 222 g/mol. The summed E-state index contributed by atoms with van der Waals surface area (Å²) in [5.41, 5.74) is 0. The molecule has 2 heteroatoms. The van der Waals surface area contributed by atoms with Gasteiger partial charge in [0.2, 0.25) is 0 Å². The number of unbranched alkanes of at least 4 members (excludes halogenated alkanes) is 2. The van der Waals surface area contributed by atoms with Crippen LogP contribution in [-0.4, -0.2) is 25.3 Å². The molecule has 2 nitrogen and oxygen atoms in total. The molecule has 0 aromatic heterocycles. The third kappa shape index (κ3) is 5.27. The van der Waals surface area contributed by atoms with E-state index in [1.54, 1.807) is 0 Å². The second kappa shape index (κ2) is 7.49. The molecule has 0 aromatic rings. The molecule has 0 heterocycles. The lowest BCUT2D eigenvalue weighted by atomic mass is 9.80. The van der Waals surface area contributed by atoms with Gasteiger partial charge in [-0.2, -0.15) is 0 Å². The highest BCUT2D eigenvalue weighted by molar-refractivity contribution is 4.80. The Labute approximate surface area is 113 Å². The first kappa shape index (κ1) is 14.3. The number of hydrogen-bond acceptors (Lipinski definition) is 2. The Morgan fingerprint density at radius 2 is 1.78 bits per heavy atom. The van der Waals surface area contributed by atoms with E-state index in [0.29, 0.717) is 6.10 Å². The molecule has 2 aliphatic carbocycles. The van der Waals surface area contributed by atoms with Crippen molar-refractivity contribution in [3.63, 3.8) is 0 Å². The second-order valence-corrected chi connectivity index (χ2v) is 6.55. The van der Waals surface area contributed by atoms with Crippen LogP contribution in [0.15, 0.2) is 0 Å². The molecule has 2 fully saturated rings. The summed E-state index contributed by atoms with van der Waals surface area (Å²) >= 11 is 0. The van der Waals surface area contributed by atoms with Gasteiger partial charge in [0, 0.05) is 12.6 Å². The van der Waals surface area contributed by atoms with Gasteiger partial charge in [-0.1, -0.05) is 13.8 Å². The van der Waals surface area contributed by atoms with E-state index in [9.17, 15) is 0 Å². The Morgan fingerprint density at radius 1 is 0.944 bits per heavy atom. The Morgan fingerprint density at radius 3 is 2.50 bits per heavy atom. The molecule has 0 spiro atoms. The summed E-state index contributed by atoms with van der Waals surface area (Å²) in [4.78, 5) is 0. The molecule has 0 amide bonds. The van der Waals surface area contributed by atoms with Gasteiger partial charge < -0.3 is 10.1 Å². The van der Waals surface area contributed by atoms with Crippen molar-refractivity contribution in [2.75, 3.05) is 13.2 Å². The molecule has 0 saturated heterocycles. The molecule has 2 aliphatic rings. The molecular formula is C16H31NO. The minimum absolute atomic E-state index is 0.556. The number of rotatable bonds is 8. The van der Waals surface area contributed by atoms with Gasteiger partial charge in [-0.15, -0.1) is 0 Å². The zero-order valence-electron chi connectivity index (χ0n) is 12.3. The lowest BCUT2D eigenvalue weighted by molar-refractivity contribution is 0.00104. The van der Waals surface area contributed by atoms with Crippen LogP contribution >= 0.6 is 0 Å². The molecule has 0 aliphatic heterocycles. The molecule has 3 unspecified atom stereocenters. The van der Waals surface area contributed by atoms with Crippen molar-refractivity contribution in [3.05, 3.63) is 0 Å². The van der Waals surface area contributed by atoms with Crippen LogP contribution in [0.5, 0.6) is 0 Å². The van der Waals surface area contributed by atoms with Crippen molar-refractivity contribution in [2.45, 2.75) is 77.4 Å². The van der Waals surface area contributed by atoms with E-state index in [2.05, 4.69) is 19.2 Å². The lowest BCUT2D eigenvalue weighted by Gasteiger charge is -2.32. The van der Waals surface area contributed by atoms with Gasteiger partial charge >= 0.3 is 0 Å². The number of hydrogen-bond donors (Lipinski definition) is 1. The van der Waals surface area contributed by atoms with E-state index >= 15 is 0 Å². The maximum Gasteiger partial charge on any atom is 0.0577 e. The quantitative estimate of drug-likeness (QED) is 0.665. The van der Waals surface area contributed by atoms with Crippen LogP contribution in [0, 0.1) is 11.8 Å². The van der Waals surface area contributed by atoms with Gasteiger partial charge in [0.1, 0.15) is 0 Å². The third-order valence-corrected chi connectivity index (χ3v) is 4.74. The fourth-order valence-corrected chi connectivity index (χ4v) is 2.90. The maximum atomic E-state index is 6.02. The van der Waals surface area contributed by atoms with Gasteiger partial charge in [0.05, 0.1) is 6.10 Å². The van der Waals surface area contributed by atoms with E-state index in [-0.39, 0.29) is 0 Å². The van der Waals surface area contributed by atoms with Crippen LogP contribution < -0.4 is 5.32 Å². The van der Waals surface area contributed by atoms with Gasteiger partial charge in [-0.25, -0.2) is 0 Å². The van der Waals surface area contributed by atoms with Crippen molar-refractivity contribution in [1.82, 2.24) is 5.32 Å². The summed E-state index contributed by atoms with van der Waals surface area (Å²) in [5.74, 6) is 1.75. The highest BCUT2D eigenvalue weighted by Gasteiger charge is 2.24. The van der Waals surface area contributed by atoms with Crippen LogP contribution in [0.3, 0.4) is 0 Å². The van der Waals surface area contributed by atoms with E-state index in [4.69, 9.17) is 4.74 Å². The first-order valence-electron chi connectivity index (χ1n) is 8.10. The molecule has 106 valence electrons. The van der Waals surface area contributed by atoms with Crippen molar-refractivity contribution >= 4 is 0 Å². The van der Waals surface area contributed by atoms with Crippen LogP contribution in [0.4, 0.5) is 0 Å². The average molecular weight is 253 g/mol. The van der Waals surface area contributed by atoms with Crippen LogP contribution in [0.25, 0.3) is 0 Å². The van der Waals surface area contributed by atoms with Crippen molar-refractivity contribution in [2.24, 2.45) is 11.8 Å². The Hall–Kier alpha value is -0.0800. The van der Waals surface area contributed by atoms with Crippen molar-refractivity contribution < 1.29 is 4.74 Å². The van der Waals surface area contributed by atoms with Gasteiger partial charge in [0.15, 0.2) is 0 Å². The fraction of sp³-hybridized carbons (Fsp3) is 1.00. The predicted molar refractivity (Wildman–Crippen MR) is 76.8 cm³/mol. The third-order valence-electron chi connectivity index (χ3n) is 4.74. The van der Waals surface area contributed by atoms with E-state index in [0.717, 1.165) is 24.5 Å². The summed E-state index contributed by atoms with van der Waals surface area (Å²) in [6, 6.07) is 0.868. The molecule has 0 aromatic carbocycles. The van der Waals surface area contributed by atoms with Crippen molar-refractivity contribution in [1.29, 1.82) is 0 Å². The maximum absolute atomic E-state index is 6.02. The average Bonchev–Trinajstić information content (AvgIpc) is 3.16. The molecule has 3 atom stereocenters. The summed E-state index contributed by atoms with van der Waals surface area (Å²) in [7, 11) is 0. The Balaban J connectivity index is 1.40. The van der Waals surface area contributed by atoms with E-state index < -0.39 is 0 Å². The van der Waals surface area contributed by atoms with Gasteiger partial charge in [-0.3, -0.25) is 0 Å². The highest BCUT2D eigenvalue weighted by Crippen LogP contribution is 2.30. The zero-order chi connectivity index (χ0) is 12.8. The zero-order valence-corrected chi connectivity index (χ0v) is 12.3.